The maximum absolute atomic E-state index is 4.37. The van der Waals surface area contributed by atoms with Gasteiger partial charge in [-0.3, -0.25) is 10.00 Å². The van der Waals surface area contributed by atoms with Crippen LogP contribution in [-0.2, 0) is 6.54 Å². The van der Waals surface area contributed by atoms with E-state index < -0.39 is 0 Å². The Kier molecular flexibility index (Phi) is 11.0. The van der Waals surface area contributed by atoms with Crippen LogP contribution in [0.3, 0.4) is 0 Å². The van der Waals surface area contributed by atoms with Crippen molar-refractivity contribution in [3.05, 3.63) is 12.2 Å². The van der Waals surface area contributed by atoms with E-state index in [9.17, 15) is 0 Å². The van der Waals surface area contributed by atoms with Crippen LogP contribution >= 0.6 is 0 Å². The fourth-order valence-electron chi connectivity index (χ4n) is 3.51. The largest absolute Gasteiger partial charge is 0.290 e. The van der Waals surface area contributed by atoms with Gasteiger partial charge in [-0.1, -0.05) is 66.2 Å². The smallest absolute Gasteiger partial charge is 0.138 e. The van der Waals surface area contributed by atoms with Gasteiger partial charge in [0.15, 0.2) is 0 Å². The zero-order valence-corrected chi connectivity index (χ0v) is 15.9. The molecule has 0 fully saturated rings. The lowest BCUT2D eigenvalue weighted by Crippen LogP contribution is -2.42. The van der Waals surface area contributed by atoms with Crippen LogP contribution in [0.4, 0.5) is 0 Å². The van der Waals surface area contributed by atoms with Crippen LogP contribution in [0.15, 0.2) is 6.33 Å². The SMILES string of the molecule is CCCCCC(CC)N(Cc1ncn[nH]1)C(CC)CCCCC. The van der Waals surface area contributed by atoms with Gasteiger partial charge in [-0.25, -0.2) is 4.98 Å². The number of rotatable bonds is 14. The molecule has 4 nitrogen and oxygen atoms in total. The van der Waals surface area contributed by atoms with Crippen molar-refractivity contribution in [1.82, 2.24) is 20.1 Å². The minimum atomic E-state index is 0.665. The molecule has 0 aliphatic heterocycles. The Morgan fingerprint density at radius 2 is 1.48 bits per heavy atom. The molecule has 1 aromatic rings. The molecule has 1 rings (SSSR count). The van der Waals surface area contributed by atoms with E-state index in [0.717, 1.165) is 12.4 Å². The highest BCUT2D eigenvalue weighted by Gasteiger charge is 2.24. The molecule has 1 N–H and O–H groups in total. The summed E-state index contributed by atoms with van der Waals surface area (Å²) in [4.78, 5) is 7.09. The summed E-state index contributed by atoms with van der Waals surface area (Å²) in [5, 5.41) is 7.09. The number of H-pyrrole nitrogens is 1. The van der Waals surface area contributed by atoms with Gasteiger partial charge in [0.2, 0.25) is 0 Å². The Morgan fingerprint density at radius 1 is 0.913 bits per heavy atom. The molecule has 0 aliphatic rings. The molecule has 23 heavy (non-hydrogen) atoms. The van der Waals surface area contributed by atoms with E-state index in [1.807, 2.05) is 0 Å². The molecule has 134 valence electrons. The zero-order chi connectivity index (χ0) is 16.9. The summed E-state index contributed by atoms with van der Waals surface area (Å²) in [5.74, 6) is 1.01. The molecule has 0 saturated carbocycles. The lowest BCUT2D eigenvalue weighted by Gasteiger charge is -2.37. The van der Waals surface area contributed by atoms with Crippen molar-refractivity contribution in [2.45, 2.75) is 111 Å². The first-order valence-corrected chi connectivity index (χ1v) is 9.86. The van der Waals surface area contributed by atoms with E-state index in [2.05, 4.69) is 47.8 Å². The fraction of sp³-hybridized carbons (Fsp3) is 0.895. The molecule has 0 bridgehead atoms. The first-order chi connectivity index (χ1) is 11.3. The Bertz CT molecular complexity index is 345. The molecule has 0 amide bonds. The van der Waals surface area contributed by atoms with E-state index in [4.69, 9.17) is 0 Å². The number of nitrogens with one attached hydrogen (secondary N) is 1. The third-order valence-corrected chi connectivity index (χ3v) is 4.96. The minimum Gasteiger partial charge on any atom is -0.290 e. The molecule has 2 atom stereocenters. The van der Waals surface area contributed by atoms with Crippen LogP contribution in [0.2, 0.25) is 0 Å². The second-order valence-corrected chi connectivity index (χ2v) is 6.72. The second kappa shape index (κ2) is 12.5. The highest BCUT2D eigenvalue weighted by atomic mass is 15.3. The van der Waals surface area contributed by atoms with E-state index in [1.165, 1.54) is 64.2 Å². The molecule has 2 unspecified atom stereocenters. The van der Waals surface area contributed by atoms with Gasteiger partial charge in [-0.05, 0) is 25.7 Å². The lowest BCUT2D eigenvalue weighted by molar-refractivity contribution is 0.0967. The van der Waals surface area contributed by atoms with Crippen LogP contribution < -0.4 is 0 Å². The molecule has 0 radical (unpaired) electrons. The number of aromatic amines is 1. The molecular weight excluding hydrogens is 284 g/mol. The van der Waals surface area contributed by atoms with Gasteiger partial charge in [-0.15, -0.1) is 0 Å². The van der Waals surface area contributed by atoms with E-state index in [0.29, 0.717) is 12.1 Å². The maximum Gasteiger partial charge on any atom is 0.138 e. The monoisotopic (exact) mass is 322 g/mol. The van der Waals surface area contributed by atoms with Crippen LogP contribution in [0.1, 0.15) is 97.7 Å². The van der Waals surface area contributed by atoms with Gasteiger partial charge in [0.25, 0.3) is 0 Å². The van der Waals surface area contributed by atoms with Crippen LogP contribution in [0, 0.1) is 0 Å². The van der Waals surface area contributed by atoms with Gasteiger partial charge < -0.3 is 0 Å². The summed E-state index contributed by atoms with van der Waals surface area (Å²) in [6, 6.07) is 1.33. The highest BCUT2D eigenvalue weighted by molar-refractivity contribution is 4.86. The van der Waals surface area contributed by atoms with Crippen LogP contribution in [-0.4, -0.2) is 32.2 Å². The topological polar surface area (TPSA) is 44.8 Å². The van der Waals surface area contributed by atoms with Crippen molar-refractivity contribution in [3.8, 4) is 0 Å². The fourth-order valence-corrected chi connectivity index (χ4v) is 3.51. The Morgan fingerprint density at radius 3 is 1.87 bits per heavy atom. The van der Waals surface area contributed by atoms with Crippen molar-refractivity contribution < 1.29 is 0 Å². The second-order valence-electron chi connectivity index (χ2n) is 6.72. The average molecular weight is 323 g/mol. The molecular formula is C19H38N4. The molecule has 1 heterocycles. The van der Waals surface area contributed by atoms with E-state index >= 15 is 0 Å². The summed E-state index contributed by atoms with van der Waals surface area (Å²) in [5.41, 5.74) is 0. The zero-order valence-electron chi connectivity index (χ0n) is 15.9. The minimum absolute atomic E-state index is 0.665. The average Bonchev–Trinajstić information content (AvgIpc) is 3.08. The number of nitrogens with zero attached hydrogens (tertiary/aromatic N) is 3. The quantitative estimate of drug-likeness (QED) is 0.471. The number of hydrogen-bond donors (Lipinski definition) is 1. The first kappa shape index (κ1) is 20.1. The van der Waals surface area contributed by atoms with Crippen molar-refractivity contribution in [3.63, 3.8) is 0 Å². The number of aromatic nitrogens is 3. The van der Waals surface area contributed by atoms with Gasteiger partial charge in [0.1, 0.15) is 12.2 Å². The Hall–Kier alpha value is -0.900. The molecule has 0 aliphatic carbocycles. The third kappa shape index (κ3) is 7.47. The summed E-state index contributed by atoms with van der Waals surface area (Å²) >= 11 is 0. The van der Waals surface area contributed by atoms with Crippen molar-refractivity contribution in [2.24, 2.45) is 0 Å². The van der Waals surface area contributed by atoms with Crippen molar-refractivity contribution >= 4 is 0 Å². The molecule has 0 aromatic carbocycles. The Labute approximate surface area is 143 Å². The summed E-state index contributed by atoms with van der Waals surface area (Å²) in [6.45, 7) is 10.2. The summed E-state index contributed by atoms with van der Waals surface area (Å²) in [6.07, 6.45) is 14.7. The first-order valence-electron chi connectivity index (χ1n) is 9.86. The van der Waals surface area contributed by atoms with Crippen LogP contribution in [0.5, 0.6) is 0 Å². The predicted molar refractivity (Wildman–Crippen MR) is 98.4 cm³/mol. The lowest BCUT2D eigenvalue weighted by atomic mass is 9.98. The highest BCUT2D eigenvalue weighted by Crippen LogP contribution is 2.23. The predicted octanol–water partition coefficient (Wildman–Crippen LogP) is 5.32. The molecule has 0 saturated heterocycles. The van der Waals surface area contributed by atoms with E-state index in [-0.39, 0.29) is 0 Å². The van der Waals surface area contributed by atoms with Gasteiger partial charge in [-0.2, -0.15) is 5.10 Å². The third-order valence-electron chi connectivity index (χ3n) is 4.96. The van der Waals surface area contributed by atoms with Gasteiger partial charge >= 0.3 is 0 Å². The summed E-state index contributed by atoms with van der Waals surface area (Å²) in [7, 11) is 0. The normalized spacial score (nSPS) is 14.3. The molecule has 1 aromatic heterocycles. The van der Waals surface area contributed by atoms with Crippen molar-refractivity contribution in [2.75, 3.05) is 0 Å². The van der Waals surface area contributed by atoms with Crippen molar-refractivity contribution in [1.29, 1.82) is 0 Å². The Balaban J connectivity index is 2.75. The van der Waals surface area contributed by atoms with Gasteiger partial charge in [0.05, 0.1) is 6.54 Å². The molecule has 0 spiro atoms. The van der Waals surface area contributed by atoms with E-state index in [1.54, 1.807) is 6.33 Å². The maximum atomic E-state index is 4.37. The number of hydrogen-bond acceptors (Lipinski definition) is 3. The van der Waals surface area contributed by atoms with Crippen LogP contribution in [0.25, 0.3) is 0 Å². The summed E-state index contributed by atoms with van der Waals surface area (Å²) < 4.78 is 0. The van der Waals surface area contributed by atoms with Gasteiger partial charge in [0, 0.05) is 12.1 Å². The number of unbranched alkanes of at least 4 members (excludes halogenated alkanes) is 4. The molecule has 4 heteroatoms. The standard InChI is InChI=1S/C19H38N4/c1-5-9-11-13-17(7-3)23(15-19-20-16-21-22-19)18(8-4)14-12-10-6-2/h16-18H,5-15H2,1-4H3,(H,20,21,22).